The number of nitrogens with zero attached hydrogens (tertiary/aromatic N) is 1. The lowest BCUT2D eigenvalue weighted by molar-refractivity contribution is 0.206. The summed E-state index contributed by atoms with van der Waals surface area (Å²) in [5.41, 5.74) is 0. The Labute approximate surface area is 74.7 Å². The van der Waals surface area contributed by atoms with Crippen molar-refractivity contribution in [3.63, 3.8) is 0 Å². The predicted octanol–water partition coefficient (Wildman–Crippen LogP) is 2.49. The van der Waals surface area contributed by atoms with Gasteiger partial charge in [0.2, 0.25) is 0 Å². The second kappa shape index (κ2) is 4.32. The fraction of sp³-hybridized carbons (Fsp3) is 1.00. The summed E-state index contributed by atoms with van der Waals surface area (Å²) in [5, 5.41) is 0. The topological polar surface area (TPSA) is 3.24 Å². The van der Waals surface area contributed by atoms with E-state index in [1.54, 1.807) is 0 Å². The highest BCUT2D eigenvalue weighted by molar-refractivity contribution is 6.18. The van der Waals surface area contributed by atoms with Crippen LogP contribution in [0.25, 0.3) is 0 Å². The van der Waals surface area contributed by atoms with Crippen molar-refractivity contribution in [3.8, 4) is 0 Å². The summed E-state index contributed by atoms with van der Waals surface area (Å²) >= 11 is 5.73. The van der Waals surface area contributed by atoms with E-state index in [0.29, 0.717) is 0 Å². The Morgan fingerprint density at radius 3 is 2.55 bits per heavy atom. The van der Waals surface area contributed by atoms with Gasteiger partial charge in [-0.15, -0.1) is 11.6 Å². The summed E-state index contributed by atoms with van der Waals surface area (Å²) in [6.45, 7) is 5.61. The normalized spacial score (nSPS) is 20.7. The van der Waals surface area contributed by atoms with Crippen molar-refractivity contribution in [1.82, 2.24) is 4.90 Å². The Morgan fingerprint density at radius 1 is 1.55 bits per heavy atom. The maximum atomic E-state index is 5.73. The molecule has 1 aliphatic rings. The first-order valence-electron chi connectivity index (χ1n) is 4.61. The lowest BCUT2D eigenvalue weighted by Gasteiger charge is -2.27. The lowest BCUT2D eigenvalue weighted by Crippen LogP contribution is -2.36. The van der Waals surface area contributed by atoms with Crippen molar-refractivity contribution in [2.75, 3.05) is 12.4 Å². The molecule has 1 saturated carbocycles. The van der Waals surface area contributed by atoms with Crippen LogP contribution in [0.15, 0.2) is 0 Å². The molecular weight excluding hydrogens is 158 g/mol. The van der Waals surface area contributed by atoms with E-state index in [9.17, 15) is 0 Å². The van der Waals surface area contributed by atoms with Gasteiger partial charge in [-0.05, 0) is 26.2 Å². The smallest absolute Gasteiger partial charge is 0.0351 e. The van der Waals surface area contributed by atoms with Crippen LogP contribution < -0.4 is 0 Å². The molecule has 2 heteroatoms. The summed E-state index contributed by atoms with van der Waals surface area (Å²) in [7, 11) is 0. The highest BCUT2D eigenvalue weighted by atomic mass is 35.5. The fourth-order valence-corrected chi connectivity index (χ4v) is 1.70. The summed E-state index contributed by atoms with van der Waals surface area (Å²) < 4.78 is 0. The molecule has 1 aliphatic carbocycles. The maximum Gasteiger partial charge on any atom is 0.0351 e. The molecule has 0 aromatic rings. The Balaban J connectivity index is 2.30. The average Bonchev–Trinajstić information content (AvgIpc) is 2.81. The molecule has 0 aliphatic heterocycles. The van der Waals surface area contributed by atoms with Gasteiger partial charge in [0.1, 0.15) is 0 Å². The summed E-state index contributed by atoms with van der Waals surface area (Å²) in [4.78, 5) is 2.55. The molecule has 1 rings (SSSR count). The van der Waals surface area contributed by atoms with E-state index < -0.39 is 0 Å². The highest BCUT2D eigenvalue weighted by Crippen LogP contribution is 2.28. The first-order valence-corrected chi connectivity index (χ1v) is 5.14. The largest absolute Gasteiger partial charge is 0.297 e. The Bertz CT molecular complexity index is 112. The third-order valence-corrected chi connectivity index (χ3v) is 2.68. The molecule has 0 saturated heterocycles. The molecule has 0 amide bonds. The van der Waals surface area contributed by atoms with Crippen LogP contribution in [0.3, 0.4) is 0 Å². The number of rotatable bonds is 5. The third kappa shape index (κ3) is 2.64. The van der Waals surface area contributed by atoms with E-state index in [0.717, 1.165) is 24.5 Å². The van der Waals surface area contributed by atoms with Crippen LogP contribution in [0.2, 0.25) is 0 Å². The van der Waals surface area contributed by atoms with Gasteiger partial charge in [-0.1, -0.05) is 6.92 Å². The van der Waals surface area contributed by atoms with Crippen molar-refractivity contribution in [1.29, 1.82) is 0 Å². The van der Waals surface area contributed by atoms with Crippen molar-refractivity contribution < 1.29 is 0 Å². The fourth-order valence-electron chi connectivity index (χ4n) is 1.50. The zero-order chi connectivity index (χ0) is 8.27. The van der Waals surface area contributed by atoms with Crippen LogP contribution in [0.1, 0.15) is 33.1 Å². The van der Waals surface area contributed by atoms with E-state index in [4.69, 9.17) is 11.6 Å². The van der Waals surface area contributed by atoms with Crippen LogP contribution in [0, 0.1) is 0 Å². The molecule has 0 heterocycles. The monoisotopic (exact) mass is 175 g/mol. The number of halogens is 1. The summed E-state index contributed by atoms with van der Waals surface area (Å²) in [5.74, 6) is 0.779. The molecule has 1 atom stereocenters. The molecule has 0 spiro atoms. The van der Waals surface area contributed by atoms with Crippen molar-refractivity contribution in [2.24, 2.45) is 0 Å². The van der Waals surface area contributed by atoms with E-state index in [2.05, 4.69) is 18.7 Å². The average molecular weight is 176 g/mol. The second-order valence-corrected chi connectivity index (χ2v) is 3.79. The zero-order valence-electron chi connectivity index (χ0n) is 7.52. The van der Waals surface area contributed by atoms with Gasteiger partial charge in [-0.2, -0.15) is 0 Å². The molecular formula is C9H18ClN. The zero-order valence-corrected chi connectivity index (χ0v) is 8.27. The molecule has 1 nitrogen and oxygen atoms in total. The van der Waals surface area contributed by atoms with Gasteiger partial charge in [-0.25, -0.2) is 0 Å². The molecule has 1 unspecified atom stereocenters. The molecule has 0 aromatic heterocycles. The summed E-state index contributed by atoms with van der Waals surface area (Å²) in [6, 6.07) is 1.59. The van der Waals surface area contributed by atoms with E-state index in [-0.39, 0.29) is 0 Å². The minimum atomic E-state index is 0.723. The van der Waals surface area contributed by atoms with Crippen LogP contribution in [0.4, 0.5) is 0 Å². The van der Waals surface area contributed by atoms with Gasteiger partial charge in [0.05, 0.1) is 0 Å². The minimum absolute atomic E-state index is 0.723. The van der Waals surface area contributed by atoms with Gasteiger partial charge < -0.3 is 0 Å². The van der Waals surface area contributed by atoms with Crippen LogP contribution in [0.5, 0.6) is 0 Å². The quantitative estimate of drug-likeness (QED) is 0.581. The maximum absolute atomic E-state index is 5.73. The first kappa shape index (κ1) is 9.34. The number of hydrogen-bond acceptors (Lipinski definition) is 1. The SMILES string of the molecule is CCC(C)N(CCCl)C1CC1. The Hall–Kier alpha value is 0.250. The molecule has 66 valence electrons. The summed E-state index contributed by atoms with van der Waals surface area (Å²) in [6.07, 6.45) is 4.02. The molecule has 0 N–H and O–H groups in total. The molecule has 1 fully saturated rings. The van der Waals surface area contributed by atoms with E-state index >= 15 is 0 Å². The lowest BCUT2D eigenvalue weighted by atomic mass is 10.2. The van der Waals surface area contributed by atoms with Crippen LogP contribution in [-0.2, 0) is 0 Å². The van der Waals surface area contributed by atoms with Gasteiger partial charge in [-0.3, -0.25) is 4.90 Å². The predicted molar refractivity (Wildman–Crippen MR) is 50.2 cm³/mol. The number of hydrogen-bond donors (Lipinski definition) is 0. The van der Waals surface area contributed by atoms with Crippen LogP contribution in [-0.4, -0.2) is 29.4 Å². The molecule has 0 radical (unpaired) electrons. The standard InChI is InChI=1S/C9H18ClN/c1-3-8(2)11(7-6-10)9-4-5-9/h8-9H,3-7H2,1-2H3. The van der Waals surface area contributed by atoms with Crippen LogP contribution >= 0.6 is 11.6 Å². The molecule has 0 aromatic carbocycles. The van der Waals surface area contributed by atoms with E-state index in [1.165, 1.54) is 19.3 Å². The third-order valence-electron chi connectivity index (χ3n) is 2.52. The molecule has 0 bridgehead atoms. The van der Waals surface area contributed by atoms with E-state index in [1.807, 2.05) is 0 Å². The van der Waals surface area contributed by atoms with Crippen molar-refractivity contribution in [3.05, 3.63) is 0 Å². The van der Waals surface area contributed by atoms with Gasteiger partial charge in [0.25, 0.3) is 0 Å². The van der Waals surface area contributed by atoms with Gasteiger partial charge >= 0.3 is 0 Å². The Kier molecular flexibility index (Phi) is 3.67. The minimum Gasteiger partial charge on any atom is -0.297 e. The number of alkyl halides is 1. The molecule has 11 heavy (non-hydrogen) atoms. The Morgan fingerprint density at radius 2 is 2.18 bits per heavy atom. The van der Waals surface area contributed by atoms with Crippen molar-refractivity contribution >= 4 is 11.6 Å². The highest BCUT2D eigenvalue weighted by Gasteiger charge is 2.30. The second-order valence-electron chi connectivity index (χ2n) is 3.42. The first-order chi connectivity index (χ1) is 5.29. The van der Waals surface area contributed by atoms with Gasteiger partial charge in [0.15, 0.2) is 0 Å². The van der Waals surface area contributed by atoms with Gasteiger partial charge in [0, 0.05) is 24.5 Å². The van der Waals surface area contributed by atoms with Crippen molar-refractivity contribution in [2.45, 2.75) is 45.2 Å².